The highest BCUT2D eigenvalue weighted by molar-refractivity contribution is 6.24. The molecule has 1 heterocycles. The molecule has 0 unspecified atom stereocenters. The van der Waals surface area contributed by atoms with Gasteiger partial charge in [0.1, 0.15) is 12.1 Å². The largest absolute Gasteiger partial charge is 0.454 e. The van der Waals surface area contributed by atoms with Crippen molar-refractivity contribution in [1.82, 2.24) is 9.80 Å². The van der Waals surface area contributed by atoms with Crippen LogP contribution < -0.4 is 0 Å². The summed E-state index contributed by atoms with van der Waals surface area (Å²) < 4.78 is 4.94. The Morgan fingerprint density at radius 3 is 2.55 bits per heavy atom. The van der Waals surface area contributed by atoms with Crippen LogP contribution in [0.2, 0.25) is 0 Å². The summed E-state index contributed by atoms with van der Waals surface area (Å²) in [6, 6.07) is 3.82. The maximum atomic E-state index is 12.4. The standard InChI is InChI=1S/C19H21N3O7/c1-20(12-6-3-2-4-7-12)15(23)11-29-16(24)10-21-18(25)13-8-5-9-14(22(27)28)17(13)19(21)26/h5,8-9,12H,2-4,6-7,10-11H2,1H3. The van der Waals surface area contributed by atoms with Gasteiger partial charge in [0.05, 0.1) is 10.5 Å². The first-order valence-corrected chi connectivity index (χ1v) is 9.36. The predicted molar refractivity (Wildman–Crippen MR) is 99.1 cm³/mol. The highest BCUT2D eigenvalue weighted by Gasteiger charge is 2.42. The van der Waals surface area contributed by atoms with E-state index < -0.39 is 41.5 Å². The Bertz CT molecular complexity index is 877. The van der Waals surface area contributed by atoms with Crippen LogP contribution in [0.15, 0.2) is 18.2 Å². The van der Waals surface area contributed by atoms with Gasteiger partial charge >= 0.3 is 5.97 Å². The third-order valence-electron chi connectivity index (χ3n) is 5.33. The summed E-state index contributed by atoms with van der Waals surface area (Å²) in [5, 5.41) is 11.1. The number of likely N-dealkylation sites (N-methyl/N-ethyl adjacent to an activating group) is 1. The molecule has 0 atom stereocenters. The SMILES string of the molecule is CN(C(=O)COC(=O)CN1C(=O)c2cccc([N+](=O)[O-])c2C1=O)C1CCCCC1. The molecule has 29 heavy (non-hydrogen) atoms. The molecule has 2 aliphatic rings. The van der Waals surface area contributed by atoms with Crippen molar-refractivity contribution in [3.63, 3.8) is 0 Å². The summed E-state index contributed by atoms with van der Waals surface area (Å²) in [6.45, 7) is -1.21. The highest BCUT2D eigenvalue weighted by atomic mass is 16.6. The van der Waals surface area contributed by atoms with Crippen LogP contribution in [-0.2, 0) is 14.3 Å². The number of nitro benzene ring substituents is 1. The molecule has 1 aliphatic heterocycles. The molecular formula is C19H21N3O7. The number of imide groups is 1. The molecule has 0 saturated heterocycles. The van der Waals surface area contributed by atoms with Crippen LogP contribution in [0.1, 0.15) is 52.8 Å². The van der Waals surface area contributed by atoms with E-state index in [1.165, 1.54) is 12.1 Å². The molecule has 1 aromatic rings. The molecule has 0 bridgehead atoms. The minimum Gasteiger partial charge on any atom is -0.454 e. The van der Waals surface area contributed by atoms with Crippen molar-refractivity contribution in [3.8, 4) is 0 Å². The average molecular weight is 403 g/mol. The lowest BCUT2D eigenvalue weighted by atomic mass is 9.94. The third-order valence-corrected chi connectivity index (χ3v) is 5.33. The second-order valence-electron chi connectivity index (χ2n) is 7.11. The Balaban J connectivity index is 1.59. The lowest BCUT2D eigenvalue weighted by Gasteiger charge is -2.31. The molecule has 0 aromatic heterocycles. The first kappa shape index (κ1) is 20.4. The molecule has 1 saturated carbocycles. The summed E-state index contributed by atoms with van der Waals surface area (Å²) >= 11 is 0. The molecule has 0 spiro atoms. The maximum absolute atomic E-state index is 12.4. The molecular weight excluding hydrogens is 382 g/mol. The van der Waals surface area contributed by atoms with Crippen molar-refractivity contribution in [2.24, 2.45) is 0 Å². The van der Waals surface area contributed by atoms with Crippen LogP contribution in [0, 0.1) is 10.1 Å². The number of nitro groups is 1. The lowest BCUT2D eigenvalue weighted by molar-refractivity contribution is -0.385. The zero-order valence-corrected chi connectivity index (χ0v) is 16.0. The summed E-state index contributed by atoms with van der Waals surface area (Å²) in [6.07, 6.45) is 5.06. The van der Waals surface area contributed by atoms with Crippen molar-refractivity contribution >= 4 is 29.4 Å². The van der Waals surface area contributed by atoms with Crippen molar-refractivity contribution in [1.29, 1.82) is 0 Å². The van der Waals surface area contributed by atoms with Gasteiger partial charge in [-0.3, -0.25) is 34.2 Å². The Hall–Kier alpha value is -3.30. The van der Waals surface area contributed by atoms with E-state index >= 15 is 0 Å². The number of carbonyl (C=O) groups excluding carboxylic acids is 4. The van der Waals surface area contributed by atoms with Gasteiger partial charge in [0.15, 0.2) is 6.61 Å². The highest BCUT2D eigenvalue weighted by Crippen LogP contribution is 2.30. The van der Waals surface area contributed by atoms with Gasteiger partial charge in [0.25, 0.3) is 23.4 Å². The summed E-state index contributed by atoms with van der Waals surface area (Å²) in [5.41, 5.74) is -0.977. The molecule has 154 valence electrons. The van der Waals surface area contributed by atoms with Gasteiger partial charge in [-0.05, 0) is 18.9 Å². The van der Waals surface area contributed by atoms with Gasteiger partial charge in [-0.25, -0.2) is 0 Å². The fourth-order valence-electron chi connectivity index (χ4n) is 3.70. The second-order valence-corrected chi connectivity index (χ2v) is 7.11. The van der Waals surface area contributed by atoms with Crippen molar-refractivity contribution in [3.05, 3.63) is 39.4 Å². The van der Waals surface area contributed by atoms with Crippen LogP contribution in [0.5, 0.6) is 0 Å². The van der Waals surface area contributed by atoms with E-state index in [2.05, 4.69) is 0 Å². The number of hydrogen-bond acceptors (Lipinski definition) is 7. The number of fused-ring (bicyclic) bond motifs is 1. The zero-order chi connectivity index (χ0) is 21.1. The third kappa shape index (κ3) is 4.10. The topological polar surface area (TPSA) is 127 Å². The monoisotopic (exact) mass is 403 g/mol. The van der Waals surface area contributed by atoms with E-state index in [0.717, 1.165) is 38.2 Å². The van der Waals surface area contributed by atoms with Gasteiger partial charge in [0, 0.05) is 19.2 Å². The molecule has 0 radical (unpaired) electrons. The molecule has 3 amide bonds. The Kier molecular flexibility index (Phi) is 5.90. The Morgan fingerprint density at radius 1 is 1.21 bits per heavy atom. The first-order chi connectivity index (χ1) is 13.8. The van der Waals surface area contributed by atoms with E-state index in [-0.39, 0.29) is 23.1 Å². The Morgan fingerprint density at radius 2 is 1.90 bits per heavy atom. The zero-order valence-electron chi connectivity index (χ0n) is 16.0. The van der Waals surface area contributed by atoms with Crippen molar-refractivity contribution in [2.45, 2.75) is 38.1 Å². The van der Waals surface area contributed by atoms with Crippen LogP contribution in [0.3, 0.4) is 0 Å². The second kappa shape index (κ2) is 8.38. The quantitative estimate of drug-likeness (QED) is 0.305. The number of benzene rings is 1. The number of carbonyl (C=O) groups is 4. The number of rotatable bonds is 6. The van der Waals surface area contributed by atoms with E-state index in [1.54, 1.807) is 11.9 Å². The molecule has 3 rings (SSSR count). The van der Waals surface area contributed by atoms with Gasteiger partial charge in [-0.1, -0.05) is 25.3 Å². The fraction of sp³-hybridized carbons (Fsp3) is 0.474. The number of nitrogens with zero attached hydrogens (tertiary/aromatic N) is 3. The molecule has 10 heteroatoms. The minimum absolute atomic E-state index is 0.117. The number of esters is 1. The van der Waals surface area contributed by atoms with Crippen LogP contribution in [0.4, 0.5) is 5.69 Å². The Labute approximate surface area is 166 Å². The van der Waals surface area contributed by atoms with Crippen molar-refractivity contribution < 1.29 is 28.8 Å². The van der Waals surface area contributed by atoms with Crippen LogP contribution in [-0.4, -0.2) is 64.7 Å². The minimum atomic E-state index is -0.937. The van der Waals surface area contributed by atoms with Crippen LogP contribution in [0.25, 0.3) is 0 Å². The van der Waals surface area contributed by atoms with E-state index in [4.69, 9.17) is 4.74 Å². The fourth-order valence-corrected chi connectivity index (χ4v) is 3.70. The molecule has 1 aliphatic carbocycles. The van der Waals surface area contributed by atoms with Gasteiger partial charge in [-0.15, -0.1) is 0 Å². The smallest absolute Gasteiger partial charge is 0.326 e. The van der Waals surface area contributed by atoms with Gasteiger partial charge in [0.2, 0.25) is 0 Å². The lowest BCUT2D eigenvalue weighted by Crippen LogP contribution is -2.41. The van der Waals surface area contributed by atoms with Crippen molar-refractivity contribution in [2.75, 3.05) is 20.2 Å². The van der Waals surface area contributed by atoms with Gasteiger partial charge in [-0.2, -0.15) is 0 Å². The molecule has 10 nitrogen and oxygen atoms in total. The number of hydrogen-bond donors (Lipinski definition) is 0. The van der Waals surface area contributed by atoms with E-state index in [9.17, 15) is 29.3 Å². The summed E-state index contributed by atoms with van der Waals surface area (Å²) in [4.78, 5) is 61.6. The van der Waals surface area contributed by atoms with Gasteiger partial charge < -0.3 is 9.64 Å². The predicted octanol–water partition coefficient (Wildman–Crippen LogP) is 1.53. The summed E-state index contributed by atoms with van der Waals surface area (Å²) in [5.74, 6) is -3.04. The molecule has 1 fully saturated rings. The summed E-state index contributed by atoms with van der Waals surface area (Å²) in [7, 11) is 1.66. The van der Waals surface area contributed by atoms with Crippen LogP contribution >= 0.6 is 0 Å². The number of ether oxygens (including phenoxy) is 1. The first-order valence-electron chi connectivity index (χ1n) is 9.36. The number of amides is 3. The normalized spacial score (nSPS) is 16.5. The van der Waals surface area contributed by atoms with E-state index in [1.807, 2.05) is 0 Å². The maximum Gasteiger partial charge on any atom is 0.326 e. The molecule has 0 N–H and O–H groups in total. The van der Waals surface area contributed by atoms with E-state index in [0.29, 0.717) is 4.90 Å². The molecule has 1 aromatic carbocycles. The average Bonchev–Trinajstić information content (AvgIpc) is 2.97.